The van der Waals surface area contributed by atoms with Gasteiger partial charge in [-0.1, -0.05) is 6.07 Å². The molecule has 0 radical (unpaired) electrons. The van der Waals surface area contributed by atoms with Gasteiger partial charge in [0.15, 0.2) is 5.13 Å². The number of aromatic nitrogens is 3. The average molecular weight is 531 g/mol. The van der Waals surface area contributed by atoms with Gasteiger partial charge in [0.1, 0.15) is 16.9 Å². The minimum atomic E-state index is -0.551. The number of aryl methyl sites for hydroxylation is 2. The first kappa shape index (κ1) is 26.6. The maximum absolute atomic E-state index is 10.8. The second kappa shape index (κ2) is 12.2. The smallest absolute Gasteiger partial charge is 0.210 e. The molecule has 194 valence electrons. The number of piperidine rings is 1. The van der Waals surface area contributed by atoms with Gasteiger partial charge in [-0.2, -0.15) is 0 Å². The van der Waals surface area contributed by atoms with E-state index in [1.54, 1.807) is 6.92 Å². The fourth-order valence-corrected chi connectivity index (χ4v) is 6.37. The molecule has 2 fully saturated rings. The molecule has 9 nitrogen and oxygen atoms in total. The van der Waals surface area contributed by atoms with E-state index in [-0.39, 0.29) is 0 Å². The van der Waals surface area contributed by atoms with Crippen LogP contribution in [-0.4, -0.2) is 62.7 Å². The maximum Gasteiger partial charge on any atom is 0.210 e. The van der Waals surface area contributed by atoms with E-state index in [1.807, 2.05) is 42.5 Å². The first-order valence-corrected chi connectivity index (χ1v) is 13.9. The molecule has 0 saturated carbocycles. The van der Waals surface area contributed by atoms with Crippen molar-refractivity contribution in [1.82, 2.24) is 19.9 Å². The van der Waals surface area contributed by atoms with Gasteiger partial charge < -0.3 is 25.8 Å². The summed E-state index contributed by atoms with van der Waals surface area (Å²) in [4.78, 5) is 27.1. The summed E-state index contributed by atoms with van der Waals surface area (Å²) in [5, 5.41) is 16.3. The molecule has 0 spiro atoms. The number of carbonyl (C=O) groups excluding carboxylic acids is 1. The molecule has 4 N–H and O–H groups in total. The van der Waals surface area contributed by atoms with Crippen LogP contribution in [0, 0.1) is 13.8 Å². The van der Waals surface area contributed by atoms with Crippen molar-refractivity contribution in [3.63, 3.8) is 0 Å². The predicted molar refractivity (Wildman–Crippen MR) is 144 cm³/mol. The minimum absolute atomic E-state index is 0.326. The predicted octanol–water partition coefficient (Wildman–Crippen LogP) is 4.19. The molecule has 5 rings (SSSR count). The number of rotatable bonds is 8. The third-order valence-electron chi connectivity index (χ3n) is 6.39. The average Bonchev–Trinajstić information content (AvgIpc) is 3.55. The molecular weight excluding hydrogens is 496 g/mol. The topological polar surface area (TPSA) is 126 Å². The van der Waals surface area contributed by atoms with Crippen LogP contribution in [0.25, 0.3) is 10.6 Å². The van der Waals surface area contributed by atoms with Gasteiger partial charge in [-0.3, -0.25) is 4.79 Å². The van der Waals surface area contributed by atoms with Crippen LogP contribution in [0.5, 0.6) is 0 Å². The van der Waals surface area contributed by atoms with E-state index in [1.165, 1.54) is 22.7 Å². The number of aliphatic hydroxyl groups is 1. The van der Waals surface area contributed by atoms with Crippen LogP contribution in [-0.2, 0) is 9.53 Å². The number of aliphatic hydroxyl groups excluding tert-OH is 1. The standard InChI is InChI=1S/C15H16N4OS2.C10H18N2O2/c1-8-4-5-12(16-6-8)19-15-18-11(7-21-15)13-9(2)17-14(22-13)10(3)20;11-3-4-14-10-5-8-1-2-9(6-10)12(8)7-13/h4-7,10,20H,1-3H3,(H,16,18,19);7-10H,1-6,11H2/t;8-,9+,10?. The summed E-state index contributed by atoms with van der Waals surface area (Å²) in [6, 6.07) is 4.79. The normalized spacial score (nSPS) is 21.6. The Morgan fingerprint density at radius 1 is 1.28 bits per heavy atom. The minimum Gasteiger partial charge on any atom is -0.386 e. The lowest BCUT2D eigenvalue weighted by atomic mass is 10.0. The summed E-state index contributed by atoms with van der Waals surface area (Å²) < 4.78 is 5.64. The lowest BCUT2D eigenvalue weighted by Crippen LogP contribution is -2.44. The Kier molecular flexibility index (Phi) is 9.02. The summed E-state index contributed by atoms with van der Waals surface area (Å²) in [6.07, 6.45) is 6.88. The van der Waals surface area contributed by atoms with Crippen LogP contribution in [0.2, 0.25) is 0 Å². The molecule has 2 saturated heterocycles. The maximum atomic E-state index is 10.8. The quantitative estimate of drug-likeness (QED) is 0.370. The third kappa shape index (κ3) is 6.46. The van der Waals surface area contributed by atoms with Crippen molar-refractivity contribution in [2.45, 2.75) is 70.7 Å². The lowest BCUT2D eigenvalue weighted by Gasteiger charge is -2.36. The van der Waals surface area contributed by atoms with E-state index in [2.05, 4.69) is 20.3 Å². The Balaban J connectivity index is 0.000000187. The largest absolute Gasteiger partial charge is 0.386 e. The first-order chi connectivity index (χ1) is 17.4. The Labute approximate surface area is 219 Å². The number of anilines is 2. The highest BCUT2D eigenvalue weighted by atomic mass is 32.1. The zero-order valence-corrected chi connectivity index (χ0v) is 22.5. The number of nitrogens with one attached hydrogen (secondary N) is 1. The molecule has 2 aliphatic rings. The van der Waals surface area contributed by atoms with E-state index >= 15 is 0 Å². The second-order valence-corrected chi connectivity index (χ2v) is 11.1. The number of carbonyl (C=O) groups is 1. The van der Waals surface area contributed by atoms with Crippen molar-refractivity contribution < 1.29 is 14.6 Å². The number of thiazole rings is 2. The van der Waals surface area contributed by atoms with Gasteiger partial charge >= 0.3 is 0 Å². The first-order valence-electron chi connectivity index (χ1n) is 12.2. The van der Waals surface area contributed by atoms with E-state index in [4.69, 9.17) is 10.5 Å². The molecular formula is C25H34N6O3S2. The number of nitrogens with two attached hydrogens (primary N) is 1. The van der Waals surface area contributed by atoms with Crippen molar-refractivity contribution >= 4 is 40.0 Å². The van der Waals surface area contributed by atoms with Crippen LogP contribution in [0.4, 0.5) is 10.9 Å². The Bertz CT molecular complexity index is 1120. The molecule has 2 unspecified atom stereocenters. The SMILES string of the molecule is Cc1ccc(Nc2nc(-c3sc(C(C)O)nc3C)cs2)nc1.NCCOC1C[C@H]2CC[C@@H](C1)N2C=O. The molecule has 2 aliphatic heterocycles. The Hall–Kier alpha value is -2.44. The highest BCUT2D eigenvalue weighted by molar-refractivity contribution is 7.17. The number of fused-ring (bicyclic) bond motifs is 2. The number of hydrogen-bond acceptors (Lipinski definition) is 10. The molecule has 5 heterocycles. The van der Waals surface area contributed by atoms with Crippen LogP contribution in [0.15, 0.2) is 23.7 Å². The third-order valence-corrected chi connectivity index (χ3v) is 8.50. The number of amides is 1. The number of ether oxygens (including phenoxy) is 1. The van der Waals surface area contributed by atoms with Crippen LogP contribution in [0.1, 0.15) is 55.0 Å². The summed E-state index contributed by atoms with van der Waals surface area (Å²) in [6.45, 7) is 6.89. The molecule has 0 aromatic carbocycles. The molecule has 3 aromatic heterocycles. The van der Waals surface area contributed by atoms with Crippen molar-refractivity contribution in [3.8, 4) is 10.6 Å². The molecule has 4 atom stereocenters. The fraction of sp³-hybridized carbons (Fsp3) is 0.520. The van der Waals surface area contributed by atoms with Gasteiger partial charge in [0.05, 0.1) is 29.0 Å². The molecule has 0 aliphatic carbocycles. The molecule has 3 aromatic rings. The molecule has 1 amide bonds. The van der Waals surface area contributed by atoms with Crippen LogP contribution < -0.4 is 11.1 Å². The van der Waals surface area contributed by atoms with Gasteiger partial charge in [-0.25, -0.2) is 15.0 Å². The van der Waals surface area contributed by atoms with Crippen molar-refractivity contribution in [2.24, 2.45) is 5.73 Å². The lowest BCUT2D eigenvalue weighted by molar-refractivity contribution is -0.124. The highest BCUT2D eigenvalue weighted by Crippen LogP contribution is 2.36. The summed E-state index contributed by atoms with van der Waals surface area (Å²) in [5.41, 5.74) is 8.29. The molecule has 36 heavy (non-hydrogen) atoms. The number of nitrogens with zero attached hydrogens (tertiary/aromatic N) is 4. The van der Waals surface area contributed by atoms with E-state index in [0.717, 1.165) is 69.9 Å². The second-order valence-electron chi connectivity index (χ2n) is 9.22. The van der Waals surface area contributed by atoms with E-state index in [9.17, 15) is 9.90 Å². The zero-order valence-electron chi connectivity index (χ0n) is 20.9. The van der Waals surface area contributed by atoms with E-state index in [0.29, 0.717) is 31.3 Å². The summed E-state index contributed by atoms with van der Waals surface area (Å²) in [7, 11) is 0. The summed E-state index contributed by atoms with van der Waals surface area (Å²) >= 11 is 3.01. The van der Waals surface area contributed by atoms with Crippen LogP contribution >= 0.6 is 22.7 Å². The van der Waals surface area contributed by atoms with Crippen LogP contribution in [0.3, 0.4) is 0 Å². The van der Waals surface area contributed by atoms with Gasteiger partial charge in [0.2, 0.25) is 6.41 Å². The van der Waals surface area contributed by atoms with Gasteiger partial charge in [0.25, 0.3) is 0 Å². The summed E-state index contributed by atoms with van der Waals surface area (Å²) in [5.74, 6) is 0.775. The Morgan fingerprint density at radius 3 is 2.61 bits per heavy atom. The van der Waals surface area contributed by atoms with Crippen molar-refractivity contribution in [1.29, 1.82) is 0 Å². The zero-order chi connectivity index (χ0) is 25.7. The molecule has 11 heteroatoms. The molecule has 2 bridgehead atoms. The fourth-order valence-electron chi connectivity index (χ4n) is 4.63. The monoisotopic (exact) mass is 530 g/mol. The van der Waals surface area contributed by atoms with Crippen molar-refractivity contribution in [3.05, 3.63) is 40.0 Å². The highest BCUT2D eigenvalue weighted by Gasteiger charge is 2.40. The van der Waals surface area contributed by atoms with E-state index < -0.39 is 6.10 Å². The Morgan fingerprint density at radius 2 is 2.03 bits per heavy atom. The number of hydrogen-bond donors (Lipinski definition) is 3. The number of pyridine rings is 1. The van der Waals surface area contributed by atoms with Gasteiger partial charge in [-0.15, -0.1) is 22.7 Å². The van der Waals surface area contributed by atoms with Crippen molar-refractivity contribution in [2.75, 3.05) is 18.5 Å². The van der Waals surface area contributed by atoms with Gasteiger partial charge in [-0.05, 0) is 58.1 Å². The van der Waals surface area contributed by atoms with Gasteiger partial charge in [0, 0.05) is 30.2 Å².